The quantitative estimate of drug-likeness (QED) is 0.363. The summed E-state index contributed by atoms with van der Waals surface area (Å²) in [6, 6.07) is 7.04. The summed E-state index contributed by atoms with van der Waals surface area (Å²) >= 11 is 0. The van der Waals surface area contributed by atoms with Gasteiger partial charge >= 0.3 is 6.09 Å². The van der Waals surface area contributed by atoms with Crippen molar-refractivity contribution in [3.8, 4) is 0 Å². The smallest absolute Gasteiger partial charge is 0.407 e. The molecule has 0 radical (unpaired) electrons. The van der Waals surface area contributed by atoms with E-state index in [1.165, 1.54) is 6.07 Å². The maximum Gasteiger partial charge on any atom is 0.407 e. The number of likely N-dealkylation sites (tertiary alicyclic amines) is 1. The molecule has 3 rings (SSSR count). The van der Waals surface area contributed by atoms with Gasteiger partial charge in [0.1, 0.15) is 11.4 Å². The standard InChI is InChI=1S/C21H31FN4O2.HI/c1-20(2,3)28-19(27)25-15-9-12-26(13-15)18(23-4)24-14-21(10-11-21)16-7-5-6-8-17(16)22;/h5-8,15H,9-14H2,1-4H3,(H,23,24)(H,25,27);1H. The third-order valence-corrected chi connectivity index (χ3v) is 5.30. The highest BCUT2D eigenvalue weighted by Crippen LogP contribution is 2.48. The summed E-state index contributed by atoms with van der Waals surface area (Å²) in [5.41, 5.74) is 0.129. The molecule has 29 heavy (non-hydrogen) atoms. The second-order valence-electron chi connectivity index (χ2n) is 8.74. The third kappa shape index (κ3) is 6.20. The predicted octanol–water partition coefficient (Wildman–Crippen LogP) is 3.65. The van der Waals surface area contributed by atoms with Gasteiger partial charge in [0.15, 0.2) is 5.96 Å². The van der Waals surface area contributed by atoms with Gasteiger partial charge in [-0.05, 0) is 51.7 Å². The number of amides is 1. The van der Waals surface area contributed by atoms with Gasteiger partial charge in [-0.2, -0.15) is 0 Å². The van der Waals surface area contributed by atoms with Crippen LogP contribution >= 0.6 is 24.0 Å². The summed E-state index contributed by atoms with van der Waals surface area (Å²) in [6.45, 7) is 7.67. The van der Waals surface area contributed by atoms with Gasteiger partial charge in [-0.25, -0.2) is 9.18 Å². The lowest BCUT2D eigenvalue weighted by Crippen LogP contribution is -2.45. The number of carbonyl (C=O) groups is 1. The summed E-state index contributed by atoms with van der Waals surface area (Å²) in [4.78, 5) is 18.5. The van der Waals surface area contributed by atoms with E-state index in [0.717, 1.165) is 37.3 Å². The van der Waals surface area contributed by atoms with Gasteiger partial charge in [0, 0.05) is 32.1 Å². The molecule has 1 aromatic carbocycles. The highest BCUT2D eigenvalue weighted by molar-refractivity contribution is 14.0. The minimum Gasteiger partial charge on any atom is -0.444 e. The number of hydrogen-bond donors (Lipinski definition) is 2. The third-order valence-electron chi connectivity index (χ3n) is 5.30. The molecule has 2 fully saturated rings. The molecule has 6 nitrogen and oxygen atoms in total. The van der Waals surface area contributed by atoms with Crippen LogP contribution in [0.1, 0.15) is 45.6 Å². The maximum atomic E-state index is 14.2. The molecule has 0 spiro atoms. The zero-order valence-electron chi connectivity index (χ0n) is 17.6. The van der Waals surface area contributed by atoms with E-state index >= 15 is 0 Å². The molecule has 0 bridgehead atoms. The Kier molecular flexibility index (Phi) is 7.75. The Labute approximate surface area is 189 Å². The van der Waals surface area contributed by atoms with Crippen molar-refractivity contribution in [1.29, 1.82) is 0 Å². The Balaban J connectivity index is 0.00000300. The number of benzene rings is 1. The lowest BCUT2D eigenvalue weighted by molar-refractivity contribution is 0.0507. The number of halogens is 2. The van der Waals surface area contributed by atoms with E-state index in [2.05, 4.69) is 20.5 Å². The van der Waals surface area contributed by atoms with Crippen LogP contribution in [-0.4, -0.2) is 55.3 Å². The fourth-order valence-electron chi connectivity index (χ4n) is 3.71. The molecule has 1 amide bonds. The van der Waals surface area contributed by atoms with Crippen LogP contribution in [0.25, 0.3) is 0 Å². The first-order valence-corrected chi connectivity index (χ1v) is 9.92. The van der Waals surface area contributed by atoms with E-state index in [1.54, 1.807) is 13.1 Å². The highest BCUT2D eigenvalue weighted by Gasteiger charge is 2.46. The number of aliphatic imine (C=N–C) groups is 1. The van der Waals surface area contributed by atoms with Crippen LogP contribution in [0.5, 0.6) is 0 Å². The second-order valence-corrected chi connectivity index (χ2v) is 8.74. The molecule has 1 atom stereocenters. The first-order chi connectivity index (χ1) is 13.2. The zero-order chi connectivity index (χ0) is 20.4. The summed E-state index contributed by atoms with van der Waals surface area (Å²) in [6.07, 6.45) is 2.39. The molecule has 8 heteroatoms. The van der Waals surface area contributed by atoms with Crippen molar-refractivity contribution in [2.45, 2.75) is 57.1 Å². The lowest BCUT2D eigenvalue weighted by atomic mass is 9.95. The van der Waals surface area contributed by atoms with Gasteiger partial charge in [0.25, 0.3) is 0 Å². The molecular weight excluding hydrogens is 486 g/mol. The summed E-state index contributed by atoms with van der Waals surface area (Å²) < 4.78 is 19.5. The molecule has 1 heterocycles. The normalized spacial score (nSPS) is 20.7. The minimum absolute atomic E-state index is 0. The van der Waals surface area contributed by atoms with Crippen LogP contribution in [0.15, 0.2) is 29.3 Å². The van der Waals surface area contributed by atoms with E-state index in [1.807, 2.05) is 32.9 Å². The van der Waals surface area contributed by atoms with Gasteiger partial charge < -0.3 is 20.3 Å². The first kappa shape index (κ1) is 23.7. The Morgan fingerprint density at radius 1 is 1.34 bits per heavy atom. The number of carbonyl (C=O) groups excluding carboxylic acids is 1. The van der Waals surface area contributed by atoms with E-state index in [4.69, 9.17) is 4.74 Å². The van der Waals surface area contributed by atoms with Crippen LogP contribution < -0.4 is 10.6 Å². The van der Waals surface area contributed by atoms with Crippen LogP contribution in [0, 0.1) is 5.82 Å². The number of nitrogens with one attached hydrogen (secondary N) is 2. The lowest BCUT2D eigenvalue weighted by Gasteiger charge is -2.25. The van der Waals surface area contributed by atoms with Crippen LogP contribution in [0.4, 0.5) is 9.18 Å². The largest absolute Gasteiger partial charge is 0.444 e. The van der Waals surface area contributed by atoms with Crippen molar-refractivity contribution in [2.75, 3.05) is 26.7 Å². The average molecular weight is 518 g/mol. The van der Waals surface area contributed by atoms with Gasteiger partial charge in [-0.15, -0.1) is 24.0 Å². The number of nitrogens with zero attached hydrogens (tertiary/aromatic N) is 2. The maximum absolute atomic E-state index is 14.2. The molecular formula is C21H32FIN4O2. The number of rotatable bonds is 4. The number of hydrogen-bond acceptors (Lipinski definition) is 3. The molecule has 1 unspecified atom stereocenters. The molecule has 1 aliphatic carbocycles. The Bertz CT molecular complexity index is 746. The Morgan fingerprint density at radius 3 is 2.62 bits per heavy atom. The molecule has 1 aromatic rings. The van der Waals surface area contributed by atoms with Crippen molar-refractivity contribution in [3.05, 3.63) is 35.6 Å². The van der Waals surface area contributed by atoms with Crippen LogP contribution in [0.3, 0.4) is 0 Å². The van der Waals surface area contributed by atoms with Gasteiger partial charge in [-0.1, -0.05) is 18.2 Å². The van der Waals surface area contributed by atoms with Crippen LogP contribution in [-0.2, 0) is 10.2 Å². The molecule has 2 N–H and O–H groups in total. The number of alkyl carbamates (subject to hydrolysis) is 1. The topological polar surface area (TPSA) is 66.0 Å². The first-order valence-electron chi connectivity index (χ1n) is 9.92. The minimum atomic E-state index is -0.509. The molecule has 1 aliphatic heterocycles. The van der Waals surface area contributed by atoms with Crippen molar-refractivity contribution < 1.29 is 13.9 Å². The van der Waals surface area contributed by atoms with Crippen molar-refractivity contribution in [1.82, 2.24) is 15.5 Å². The molecule has 1 saturated carbocycles. The summed E-state index contributed by atoms with van der Waals surface area (Å²) in [5.74, 6) is 0.649. The second kappa shape index (κ2) is 9.49. The number of guanidine groups is 1. The molecule has 1 saturated heterocycles. The number of ether oxygens (including phenoxy) is 1. The van der Waals surface area contributed by atoms with Crippen molar-refractivity contribution >= 4 is 36.0 Å². The SMILES string of the molecule is CN=C(NCC1(c2ccccc2F)CC1)N1CCC(NC(=O)OC(C)(C)C)C1.I. The van der Waals surface area contributed by atoms with Crippen molar-refractivity contribution in [2.24, 2.45) is 4.99 Å². The van der Waals surface area contributed by atoms with E-state index in [0.29, 0.717) is 13.1 Å². The molecule has 0 aromatic heterocycles. The van der Waals surface area contributed by atoms with Gasteiger partial charge in [0.05, 0.1) is 6.04 Å². The summed E-state index contributed by atoms with van der Waals surface area (Å²) in [5, 5.41) is 6.34. The average Bonchev–Trinajstić information content (AvgIpc) is 3.26. The van der Waals surface area contributed by atoms with Crippen LogP contribution in [0.2, 0.25) is 0 Å². The van der Waals surface area contributed by atoms with Gasteiger partial charge in [0.2, 0.25) is 0 Å². The molecule has 162 valence electrons. The molecule has 2 aliphatic rings. The van der Waals surface area contributed by atoms with Crippen molar-refractivity contribution in [3.63, 3.8) is 0 Å². The summed E-state index contributed by atoms with van der Waals surface area (Å²) in [7, 11) is 1.75. The van der Waals surface area contributed by atoms with Gasteiger partial charge in [-0.3, -0.25) is 4.99 Å². The fraction of sp³-hybridized carbons (Fsp3) is 0.619. The zero-order valence-corrected chi connectivity index (χ0v) is 20.0. The van der Waals surface area contributed by atoms with E-state index in [-0.39, 0.29) is 41.3 Å². The van der Waals surface area contributed by atoms with E-state index < -0.39 is 11.7 Å². The Morgan fingerprint density at radius 2 is 2.03 bits per heavy atom. The fourth-order valence-corrected chi connectivity index (χ4v) is 3.71. The predicted molar refractivity (Wildman–Crippen MR) is 123 cm³/mol. The highest BCUT2D eigenvalue weighted by atomic mass is 127. The van der Waals surface area contributed by atoms with E-state index in [9.17, 15) is 9.18 Å². The Hall–Kier alpha value is -1.58. The monoisotopic (exact) mass is 518 g/mol.